The van der Waals surface area contributed by atoms with Gasteiger partial charge in [-0.15, -0.1) is 0 Å². The van der Waals surface area contributed by atoms with E-state index in [1.165, 1.54) is 5.56 Å². The number of nitrogens with zero attached hydrogens (tertiary/aromatic N) is 3. The molecule has 154 valence electrons. The van der Waals surface area contributed by atoms with Gasteiger partial charge in [0, 0.05) is 52.4 Å². The van der Waals surface area contributed by atoms with E-state index in [1.807, 2.05) is 18.2 Å². The summed E-state index contributed by atoms with van der Waals surface area (Å²) in [6.45, 7) is 7.35. The quantitative estimate of drug-likeness (QED) is 0.469. The molecule has 0 amide bonds. The van der Waals surface area contributed by atoms with Crippen molar-refractivity contribution in [3.05, 3.63) is 35.9 Å². The van der Waals surface area contributed by atoms with Gasteiger partial charge in [0.15, 0.2) is 0 Å². The van der Waals surface area contributed by atoms with Crippen LogP contribution in [0, 0.1) is 0 Å². The first kappa shape index (κ1) is 22.2. The van der Waals surface area contributed by atoms with Crippen LogP contribution in [-0.2, 0) is 6.54 Å². The van der Waals surface area contributed by atoms with E-state index in [-0.39, 0.29) is 13.2 Å². The fourth-order valence-electron chi connectivity index (χ4n) is 3.65. The molecule has 1 aromatic rings. The highest BCUT2D eigenvalue weighted by Crippen LogP contribution is 2.11. The summed E-state index contributed by atoms with van der Waals surface area (Å²) in [7, 11) is 0. The van der Waals surface area contributed by atoms with Crippen molar-refractivity contribution in [2.45, 2.75) is 31.7 Å². The standard InChI is InChI=1S/C20H35N3O4/c1-17(26)13-21-7-8-22(14-18-5-3-2-4-6-18)10-12-23(11-9-21)19(15-24)20(27)16-25/h2-6,17,19-20,24-27H,7-16H2,1H3/t17-,19+,20+/m0/s1. The fourth-order valence-corrected chi connectivity index (χ4v) is 3.65. The zero-order chi connectivity index (χ0) is 19.6. The lowest BCUT2D eigenvalue weighted by molar-refractivity contribution is -0.0169. The molecule has 7 nitrogen and oxygen atoms in total. The molecular weight excluding hydrogens is 346 g/mol. The molecule has 1 aliphatic rings. The van der Waals surface area contributed by atoms with Gasteiger partial charge in [0.25, 0.3) is 0 Å². The zero-order valence-electron chi connectivity index (χ0n) is 16.3. The Labute approximate surface area is 162 Å². The molecular formula is C20H35N3O4. The molecule has 0 aromatic heterocycles. The Morgan fingerprint density at radius 2 is 1.44 bits per heavy atom. The second kappa shape index (κ2) is 11.7. The number of aliphatic hydroxyl groups is 4. The highest BCUT2D eigenvalue weighted by Gasteiger charge is 2.27. The van der Waals surface area contributed by atoms with Gasteiger partial charge in [-0.2, -0.15) is 0 Å². The molecule has 2 rings (SSSR count). The summed E-state index contributed by atoms with van der Waals surface area (Å²) in [5.41, 5.74) is 1.25. The van der Waals surface area contributed by atoms with E-state index in [0.717, 1.165) is 32.7 Å². The monoisotopic (exact) mass is 381 g/mol. The zero-order valence-corrected chi connectivity index (χ0v) is 16.3. The van der Waals surface area contributed by atoms with Gasteiger partial charge in [0.1, 0.15) is 0 Å². The molecule has 0 unspecified atom stereocenters. The Balaban J connectivity index is 2.10. The number of hydrogen-bond acceptors (Lipinski definition) is 7. The molecule has 27 heavy (non-hydrogen) atoms. The maximum absolute atomic E-state index is 10.1. The van der Waals surface area contributed by atoms with Gasteiger partial charge in [-0.25, -0.2) is 0 Å². The molecule has 1 fully saturated rings. The average molecular weight is 382 g/mol. The lowest BCUT2D eigenvalue weighted by Crippen LogP contribution is -2.51. The molecule has 1 aliphatic heterocycles. The molecule has 0 radical (unpaired) electrons. The smallest absolute Gasteiger partial charge is 0.0947 e. The molecule has 3 atom stereocenters. The van der Waals surface area contributed by atoms with E-state index in [2.05, 4.69) is 26.8 Å². The summed E-state index contributed by atoms with van der Waals surface area (Å²) in [6, 6.07) is 9.83. The van der Waals surface area contributed by atoms with Crippen molar-refractivity contribution in [2.75, 3.05) is 59.0 Å². The maximum atomic E-state index is 10.1. The summed E-state index contributed by atoms with van der Waals surface area (Å²) in [6.07, 6.45) is -1.37. The van der Waals surface area contributed by atoms with Crippen molar-refractivity contribution in [1.29, 1.82) is 0 Å². The topological polar surface area (TPSA) is 90.6 Å². The summed E-state index contributed by atoms with van der Waals surface area (Å²) >= 11 is 0. The Kier molecular flexibility index (Phi) is 9.64. The van der Waals surface area contributed by atoms with Crippen molar-refractivity contribution >= 4 is 0 Å². The second-order valence-corrected chi connectivity index (χ2v) is 7.45. The van der Waals surface area contributed by atoms with Gasteiger partial charge in [-0.3, -0.25) is 14.7 Å². The van der Waals surface area contributed by atoms with E-state index >= 15 is 0 Å². The molecule has 7 heteroatoms. The minimum atomic E-state index is -0.969. The van der Waals surface area contributed by atoms with Crippen LogP contribution >= 0.6 is 0 Å². The largest absolute Gasteiger partial charge is 0.395 e. The summed E-state index contributed by atoms with van der Waals surface area (Å²) in [4.78, 5) is 6.64. The minimum Gasteiger partial charge on any atom is -0.395 e. The van der Waals surface area contributed by atoms with Gasteiger partial charge in [0.05, 0.1) is 31.5 Å². The van der Waals surface area contributed by atoms with E-state index in [4.69, 9.17) is 0 Å². The molecule has 1 heterocycles. The van der Waals surface area contributed by atoms with Crippen molar-refractivity contribution in [1.82, 2.24) is 14.7 Å². The number of hydrogen-bond donors (Lipinski definition) is 4. The van der Waals surface area contributed by atoms with Crippen molar-refractivity contribution in [3.8, 4) is 0 Å². The SMILES string of the molecule is C[C@H](O)CN1CCN(Cc2ccccc2)CCN([C@H](CO)[C@H](O)CO)CC1. The first-order valence-corrected chi connectivity index (χ1v) is 9.84. The number of benzene rings is 1. The van der Waals surface area contributed by atoms with Crippen LogP contribution in [0.3, 0.4) is 0 Å². The van der Waals surface area contributed by atoms with Crippen LogP contribution in [0.25, 0.3) is 0 Å². The number of β-amino-alcohol motifs (C(OH)–C–C–N with tert-alkyl or cyclic N) is 1. The Morgan fingerprint density at radius 1 is 0.852 bits per heavy atom. The van der Waals surface area contributed by atoms with Crippen molar-refractivity contribution < 1.29 is 20.4 Å². The number of aliphatic hydroxyl groups excluding tert-OH is 4. The Bertz CT molecular complexity index is 517. The second-order valence-electron chi connectivity index (χ2n) is 7.45. The summed E-state index contributed by atoms with van der Waals surface area (Å²) in [5, 5.41) is 39.0. The maximum Gasteiger partial charge on any atom is 0.0947 e. The van der Waals surface area contributed by atoms with Crippen LogP contribution in [0.4, 0.5) is 0 Å². The van der Waals surface area contributed by atoms with Crippen LogP contribution in [0.5, 0.6) is 0 Å². The van der Waals surface area contributed by atoms with E-state index in [1.54, 1.807) is 6.92 Å². The minimum absolute atomic E-state index is 0.198. The number of rotatable bonds is 8. The van der Waals surface area contributed by atoms with Gasteiger partial charge in [-0.1, -0.05) is 30.3 Å². The van der Waals surface area contributed by atoms with E-state index < -0.39 is 18.2 Å². The van der Waals surface area contributed by atoms with Crippen molar-refractivity contribution in [3.63, 3.8) is 0 Å². The molecule has 0 spiro atoms. The van der Waals surface area contributed by atoms with Crippen LogP contribution in [-0.4, -0.2) is 112 Å². The Morgan fingerprint density at radius 3 is 2.04 bits per heavy atom. The highest BCUT2D eigenvalue weighted by molar-refractivity contribution is 5.14. The van der Waals surface area contributed by atoms with Gasteiger partial charge >= 0.3 is 0 Å². The van der Waals surface area contributed by atoms with Gasteiger partial charge < -0.3 is 20.4 Å². The third-order valence-corrected chi connectivity index (χ3v) is 5.20. The lowest BCUT2D eigenvalue weighted by Gasteiger charge is -2.34. The lowest BCUT2D eigenvalue weighted by atomic mass is 10.1. The third kappa shape index (κ3) is 7.46. The molecule has 0 aliphatic carbocycles. The first-order valence-electron chi connectivity index (χ1n) is 9.84. The van der Waals surface area contributed by atoms with Gasteiger partial charge in [0.2, 0.25) is 0 Å². The normalized spacial score (nSPS) is 21.8. The third-order valence-electron chi connectivity index (χ3n) is 5.20. The van der Waals surface area contributed by atoms with Crippen LogP contribution in [0.1, 0.15) is 12.5 Å². The summed E-state index contributed by atoms with van der Waals surface area (Å²) < 4.78 is 0. The average Bonchev–Trinajstić information content (AvgIpc) is 2.75. The van der Waals surface area contributed by atoms with Crippen LogP contribution in [0.15, 0.2) is 30.3 Å². The first-order chi connectivity index (χ1) is 13.0. The molecule has 0 saturated carbocycles. The molecule has 1 aromatic carbocycles. The Hall–Kier alpha value is -1.06. The molecule has 1 saturated heterocycles. The predicted molar refractivity (Wildman–Crippen MR) is 105 cm³/mol. The van der Waals surface area contributed by atoms with Crippen molar-refractivity contribution in [2.24, 2.45) is 0 Å². The predicted octanol–water partition coefficient (Wildman–Crippen LogP) is -0.799. The van der Waals surface area contributed by atoms with Gasteiger partial charge in [-0.05, 0) is 12.5 Å². The highest BCUT2D eigenvalue weighted by atomic mass is 16.3. The fraction of sp³-hybridized carbons (Fsp3) is 0.700. The summed E-state index contributed by atoms with van der Waals surface area (Å²) in [5.74, 6) is 0. The van der Waals surface area contributed by atoms with Crippen LogP contribution in [0.2, 0.25) is 0 Å². The van der Waals surface area contributed by atoms with E-state index in [0.29, 0.717) is 19.6 Å². The van der Waals surface area contributed by atoms with E-state index in [9.17, 15) is 20.4 Å². The van der Waals surface area contributed by atoms with Crippen LogP contribution < -0.4 is 0 Å². The molecule has 4 N–H and O–H groups in total. The molecule has 0 bridgehead atoms.